The summed E-state index contributed by atoms with van der Waals surface area (Å²) in [6, 6.07) is 5.95. The van der Waals surface area contributed by atoms with Crippen molar-refractivity contribution in [3.05, 3.63) is 34.1 Å². The molecule has 0 bridgehead atoms. The molecule has 0 atom stereocenters. The third kappa shape index (κ3) is 2.42. The number of halogens is 2. The number of nitrogens with zero attached hydrogens (tertiary/aromatic N) is 1. The van der Waals surface area contributed by atoms with Crippen LogP contribution in [0.25, 0.3) is 0 Å². The summed E-state index contributed by atoms with van der Waals surface area (Å²) in [5.74, 6) is -1.12. The molecule has 0 saturated heterocycles. The van der Waals surface area contributed by atoms with E-state index in [4.69, 9.17) is 5.26 Å². The first-order valence-corrected chi connectivity index (χ1v) is 5.09. The van der Waals surface area contributed by atoms with Crippen molar-refractivity contribution in [3.8, 4) is 6.07 Å². The maximum absolute atomic E-state index is 13.3. The third-order valence-corrected chi connectivity index (χ3v) is 2.51. The van der Waals surface area contributed by atoms with Gasteiger partial charge in [-0.05, 0) is 32.0 Å². The molecule has 0 aliphatic carbocycles. The SMILES string of the molecule is CC(C)(C#N)C(=O)c1cc(Br)ccc1F. The molecule has 0 saturated carbocycles. The van der Waals surface area contributed by atoms with Gasteiger partial charge in [-0.2, -0.15) is 5.26 Å². The molecule has 0 radical (unpaired) electrons. The molecule has 0 aromatic heterocycles. The smallest absolute Gasteiger partial charge is 0.185 e. The van der Waals surface area contributed by atoms with E-state index in [1.165, 1.54) is 32.0 Å². The molecule has 1 aromatic carbocycles. The van der Waals surface area contributed by atoms with Gasteiger partial charge in [-0.1, -0.05) is 15.9 Å². The van der Waals surface area contributed by atoms with Gasteiger partial charge in [0, 0.05) is 4.47 Å². The Morgan fingerprint density at radius 3 is 2.67 bits per heavy atom. The monoisotopic (exact) mass is 269 g/mol. The lowest BCUT2D eigenvalue weighted by atomic mass is 9.86. The first-order valence-electron chi connectivity index (χ1n) is 4.29. The number of carbonyl (C=O) groups is 1. The fourth-order valence-electron chi connectivity index (χ4n) is 1.06. The van der Waals surface area contributed by atoms with Crippen LogP contribution in [0.2, 0.25) is 0 Å². The van der Waals surface area contributed by atoms with Crippen LogP contribution in [0.5, 0.6) is 0 Å². The fourth-order valence-corrected chi connectivity index (χ4v) is 1.42. The summed E-state index contributed by atoms with van der Waals surface area (Å²) >= 11 is 3.15. The zero-order chi connectivity index (χ0) is 11.6. The largest absolute Gasteiger partial charge is 0.292 e. The van der Waals surface area contributed by atoms with Crippen molar-refractivity contribution in [3.63, 3.8) is 0 Å². The Balaban J connectivity index is 3.24. The predicted molar refractivity (Wildman–Crippen MR) is 57.8 cm³/mol. The van der Waals surface area contributed by atoms with E-state index >= 15 is 0 Å². The summed E-state index contributed by atoms with van der Waals surface area (Å²) in [5, 5.41) is 8.78. The second-order valence-electron chi connectivity index (χ2n) is 3.69. The minimum Gasteiger partial charge on any atom is -0.292 e. The highest BCUT2D eigenvalue weighted by Crippen LogP contribution is 2.24. The van der Waals surface area contributed by atoms with E-state index in [2.05, 4.69) is 15.9 Å². The van der Waals surface area contributed by atoms with Crippen LogP contribution in [0.4, 0.5) is 4.39 Å². The van der Waals surface area contributed by atoms with Gasteiger partial charge in [0.1, 0.15) is 11.2 Å². The van der Waals surface area contributed by atoms with Crippen molar-refractivity contribution in [1.29, 1.82) is 5.26 Å². The van der Waals surface area contributed by atoms with Crippen LogP contribution in [0, 0.1) is 22.6 Å². The summed E-state index contributed by atoms with van der Waals surface area (Å²) in [6.45, 7) is 2.94. The maximum Gasteiger partial charge on any atom is 0.185 e. The summed E-state index contributed by atoms with van der Waals surface area (Å²) in [7, 11) is 0. The Morgan fingerprint density at radius 1 is 1.53 bits per heavy atom. The normalized spacial score (nSPS) is 10.9. The van der Waals surface area contributed by atoms with Crippen molar-refractivity contribution in [2.75, 3.05) is 0 Å². The maximum atomic E-state index is 13.3. The Morgan fingerprint density at radius 2 is 2.13 bits per heavy atom. The lowest BCUT2D eigenvalue weighted by molar-refractivity contribution is 0.0887. The molecule has 1 aromatic rings. The van der Waals surface area contributed by atoms with Gasteiger partial charge < -0.3 is 0 Å². The van der Waals surface area contributed by atoms with Gasteiger partial charge >= 0.3 is 0 Å². The van der Waals surface area contributed by atoms with Crippen molar-refractivity contribution >= 4 is 21.7 Å². The molecule has 0 heterocycles. The Bertz CT molecular complexity index is 448. The van der Waals surface area contributed by atoms with Gasteiger partial charge in [-0.3, -0.25) is 4.79 Å². The second kappa shape index (κ2) is 4.11. The lowest BCUT2D eigenvalue weighted by Crippen LogP contribution is -2.23. The highest BCUT2D eigenvalue weighted by atomic mass is 79.9. The van der Waals surface area contributed by atoms with Gasteiger partial charge in [0.15, 0.2) is 5.78 Å². The quantitative estimate of drug-likeness (QED) is 0.773. The topological polar surface area (TPSA) is 40.9 Å². The van der Waals surface area contributed by atoms with Crippen LogP contribution in [0.15, 0.2) is 22.7 Å². The number of rotatable bonds is 2. The van der Waals surface area contributed by atoms with Crippen molar-refractivity contribution in [2.45, 2.75) is 13.8 Å². The lowest BCUT2D eigenvalue weighted by Gasteiger charge is -2.14. The minimum atomic E-state index is -1.21. The van der Waals surface area contributed by atoms with Crippen LogP contribution in [0.1, 0.15) is 24.2 Å². The highest BCUT2D eigenvalue weighted by Gasteiger charge is 2.30. The zero-order valence-corrected chi connectivity index (χ0v) is 9.93. The standard InChI is InChI=1S/C11H9BrFNO/c1-11(2,6-14)10(15)8-5-7(12)3-4-9(8)13/h3-5H,1-2H3. The summed E-state index contributed by atoms with van der Waals surface area (Å²) in [4.78, 5) is 11.8. The number of nitriles is 1. The molecule has 0 N–H and O–H groups in total. The van der Waals surface area contributed by atoms with Crippen LogP contribution < -0.4 is 0 Å². The molecule has 4 heteroatoms. The highest BCUT2D eigenvalue weighted by molar-refractivity contribution is 9.10. The van der Waals surface area contributed by atoms with Gasteiger partial charge in [-0.25, -0.2) is 4.39 Å². The Kier molecular flexibility index (Phi) is 3.25. The molecule has 15 heavy (non-hydrogen) atoms. The van der Waals surface area contributed by atoms with Crippen LogP contribution in [0.3, 0.4) is 0 Å². The average Bonchev–Trinajstić information content (AvgIpc) is 2.20. The van der Waals surface area contributed by atoms with E-state index in [9.17, 15) is 9.18 Å². The number of ketones is 1. The average molecular weight is 270 g/mol. The van der Waals surface area contributed by atoms with Crippen molar-refractivity contribution < 1.29 is 9.18 Å². The molecule has 0 unspecified atom stereocenters. The molecule has 0 aliphatic heterocycles. The molecule has 0 aliphatic rings. The molecule has 0 spiro atoms. The zero-order valence-electron chi connectivity index (χ0n) is 8.34. The van der Waals surface area contributed by atoms with Gasteiger partial charge in [0.2, 0.25) is 0 Å². The van der Waals surface area contributed by atoms with E-state index < -0.39 is 17.0 Å². The summed E-state index contributed by atoms with van der Waals surface area (Å²) in [6.07, 6.45) is 0. The van der Waals surface area contributed by atoms with E-state index in [0.29, 0.717) is 4.47 Å². The first kappa shape index (κ1) is 11.9. The molecule has 0 amide bonds. The van der Waals surface area contributed by atoms with E-state index in [0.717, 1.165) is 0 Å². The molecular weight excluding hydrogens is 261 g/mol. The number of carbonyl (C=O) groups excluding carboxylic acids is 1. The van der Waals surface area contributed by atoms with Gasteiger partial charge in [0.25, 0.3) is 0 Å². The number of Topliss-reactive ketones (excluding diaryl/α,β-unsaturated/α-hetero) is 1. The summed E-state index contributed by atoms with van der Waals surface area (Å²) < 4.78 is 13.9. The van der Waals surface area contributed by atoms with Crippen molar-refractivity contribution in [1.82, 2.24) is 0 Å². The second-order valence-corrected chi connectivity index (χ2v) is 4.61. The first-order chi connectivity index (χ1) is 6.88. The molecular formula is C11H9BrFNO. The fraction of sp³-hybridized carbons (Fsp3) is 0.273. The Hall–Kier alpha value is -1.21. The van der Waals surface area contributed by atoms with E-state index in [-0.39, 0.29) is 5.56 Å². The molecule has 1 rings (SSSR count). The number of hydrogen-bond donors (Lipinski definition) is 0. The summed E-state index contributed by atoms with van der Waals surface area (Å²) in [5.41, 5.74) is -1.27. The predicted octanol–water partition coefficient (Wildman–Crippen LogP) is 3.32. The van der Waals surface area contributed by atoms with Gasteiger partial charge in [-0.15, -0.1) is 0 Å². The van der Waals surface area contributed by atoms with Crippen LogP contribution in [-0.4, -0.2) is 5.78 Å². The van der Waals surface area contributed by atoms with Crippen LogP contribution in [-0.2, 0) is 0 Å². The van der Waals surface area contributed by atoms with E-state index in [1.807, 2.05) is 6.07 Å². The minimum absolute atomic E-state index is 0.0593. The van der Waals surface area contributed by atoms with Crippen LogP contribution >= 0.6 is 15.9 Å². The number of benzene rings is 1. The van der Waals surface area contributed by atoms with Crippen molar-refractivity contribution in [2.24, 2.45) is 5.41 Å². The molecule has 78 valence electrons. The Labute approximate surface area is 95.8 Å². The molecule has 2 nitrogen and oxygen atoms in total. The number of hydrogen-bond acceptors (Lipinski definition) is 2. The van der Waals surface area contributed by atoms with E-state index in [1.54, 1.807) is 0 Å². The molecule has 0 fully saturated rings. The third-order valence-electron chi connectivity index (χ3n) is 2.02. The van der Waals surface area contributed by atoms with Gasteiger partial charge in [0.05, 0.1) is 11.6 Å².